The van der Waals surface area contributed by atoms with E-state index in [9.17, 15) is 28.8 Å². The molecule has 3 aromatic heterocycles. The van der Waals surface area contributed by atoms with Crippen molar-refractivity contribution in [2.24, 2.45) is 0 Å². The van der Waals surface area contributed by atoms with Crippen LogP contribution in [0.4, 0.5) is 5.69 Å². The van der Waals surface area contributed by atoms with Crippen molar-refractivity contribution in [1.82, 2.24) is 40.2 Å². The minimum absolute atomic E-state index is 0.0564. The van der Waals surface area contributed by atoms with Crippen LogP contribution >= 0.6 is 0 Å². The number of ether oxygens (including phenoxy) is 1. The number of benzene rings is 2. The van der Waals surface area contributed by atoms with E-state index >= 15 is 0 Å². The summed E-state index contributed by atoms with van der Waals surface area (Å²) >= 11 is 0. The van der Waals surface area contributed by atoms with Gasteiger partial charge in [-0.2, -0.15) is 5.10 Å². The topological polar surface area (TPSA) is 198 Å². The number of anilines is 1. The number of pyridine rings is 2. The van der Waals surface area contributed by atoms with E-state index in [-0.39, 0.29) is 41.8 Å². The molecule has 5 aromatic rings. The summed E-state index contributed by atoms with van der Waals surface area (Å²) in [5, 5.41) is 15.6. The maximum Gasteiger partial charge on any atom is 0.269 e. The first kappa shape index (κ1) is 40.6. The van der Waals surface area contributed by atoms with Gasteiger partial charge in [0.2, 0.25) is 17.7 Å². The van der Waals surface area contributed by atoms with E-state index < -0.39 is 29.7 Å². The van der Waals surface area contributed by atoms with E-state index in [1.54, 1.807) is 37.4 Å². The zero-order valence-corrected chi connectivity index (χ0v) is 34.4. The molecule has 9 rings (SSSR count). The summed E-state index contributed by atoms with van der Waals surface area (Å²) < 4.78 is 7.84. The standard InChI is InChI=1S/C46H47N9O7/c1-27(56)53-20-15-38-34(26-53)42(52-55(38)30-16-21-62-22-17-30)31-8-5-7-28-23-37(50-25-33(28)31)29-11-12-36(49-24-29)43(58)48-19-4-2-3-18-47-35-10-6-9-32-41(35)46(61)54(45(32)60)39-13-14-40(57)51-44(39)59/h5-12,23-25,30,39,47H,2-4,13-22,26H2,1H3,(H,48,58)(H,51,57,59). The third-order valence-corrected chi connectivity index (χ3v) is 12.3. The van der Waals surface area contributed by atoms with Crippen LogP contribution in [0.25, 0.3) is 33.3 Å². The van der Waals surface area contributed by atoms with Crippen LogP contribution in [-0.4, -0.2) is 104 Å². The molecule has 1 atom stereocenters. The van der Waals surface area contributed by atoms with E-state index in [4.69, 9.17) is 14.8 Å². The summed E-state index contributed by atoms with van der Waals surface area (Å²) in [4.78, 5) is 88.0. The van der Waals surface area contributed by atoms with Gasteiger partial charge >= 0.3 is 0 Å². The predicted molar refractivity (Wildman–Crippen MR) is 228 cm³/mol. The second kappa shape index (κ2) is 17.3. The molecule has 2 saturated heterocycles. The van der Waals surface area contributed by atoms with E-state index in [1.165, 1.54) is 5.69 Å². The molecule has 3 N–H and O–H groups in total. The van der Waals surface area contributed by atoms with Crippen molar-refractivity contribution in [3.8, 4) is 22.5 Å². The van der Waals surface area contributed by atoms with Crippen LogP contribution in [0.2, 0.25) is 0 Å². The Labute approximate surface area is 357 Å². The normalized spacial score (nSPS) is 17.9. The van der Waals surface area contributed by atoms with Crippen molar-refractivity contribution in [2.45, 2.75) is 76.9 Å². The molecule has 62 heavy (non-hydrogen) atoms. The first-order chi connectivity index (χ1) is 30.2. The largest absolute Gasteiger partial charge is 0.384 e. The number of rotatable bonds is 12. The second-order valence-corrected chi connectivity index (χ2v) is 16.2. The fraction of sp³-hybridized carbons (Fsp3) is 0.370. The molecular formula is C46H47N9O7. The average Bonchev–Trinajstić information content (AvgIpc) is 3.79. The Morgan fingerprint density at radius 2 is 1.68 bits per heavy atom. The molecule has 16 nitrogen and oxygen atoms in total. The van der Waals surface area contributed by atoms with Crippen molar-refractivity contribution in [1.29, 1.82) is 0 Å². The third-order valence-electron chi connectivity index (χ3n) is 12.3. The Morgan fingerprint density at radius 1 is 0.871 bits per heavy atom. The van der Waals surface area contributed by atoms with Crippen LogP contribution in [0.1, 0.15) is 100 Å². The highest BCUT2D eigenvalue weighted by Crippen LogP contribution is 2.38. The molecule has 0 aliphatic carbocycles. The van der Waals surface area contributed by atoms with Crippen LogP contribution in [0.3, 0.4) is 0 Å². The van der Waals surface area contributed by atoms with Crippen LogP contribution in [0.15, 0.2) is 67.0 Å². The van der Waals surface area contributed by atoms with Gasteiger partial charge in [-0.05, 0) is 74.2 Å². The first-order valence-corrected chi connectivity index (χ1v) is 21.3. The fourth-order valence-electron chi connectivity index (χ4n) is 8.98. The lowest BCUT2D eigenvalue weighted by molar-refractivity contribution is -0.136. The molecule has 2 fully saturated rings. The summed E-state index contributed by atoms with van der Waals surface area (Å²) in [5.41, 5.74) is 6.92. The van der Waals surface area contributed by atoms with Crippen LogP contribution in [0, 0.1) is 0 Å². The minimum atomic E-state index is -1.02. The molecule has 7 heterocycles. The summed E-state index contributed by atoms with van der Waals surface area (Å²) in [5.74, 6) is -2.38. The van der Waals surface area contributed by atoms with Gasteiger partial charge in [0.1, 0.15) is 11.7 Å². The zero-order valence-electron chi connectivity index (χ0n) is 34.4. The maximum atomic E-state index is 13.3. The predicted octanol–water partition coefficient (Wildman–Crippen LogP) is 4.83. The molecule has 6 amide bonds. The molecule has 0 bridgehead atoms. The molecule has 1 unspecified atom stereocenters. The molecule has 4 aliphatic rings. The highest BCUT2D eigenvalue weighted by atomic mass is 16.5. The van der Waals surface area contributed by atoms with E-state index in [0.29, 0.717) is 50.8 Å². The molecule has 4 aliphatic heterocycles. The van der Waals surface area contributed by atoms with Crippen LogP contribution in [-0.2, 0) is 32.1 Å². The molecule has 0 radical (unpaired) electrons. The number of fused-ring (bicyclic) bond motifs is 3. The SMILES string of the molecule is CC(=O)N1CCc2c(c(-c3cccc4cc(-c5ccc(C(=O)NCCCCCNc6cccc7c6C(=O)N(C6CCC(=O)NC6=O)C7=O)nc5)ncc34)nn2C2CCOCC2)C1. The number of carbonyl (C=O) groups excluding carboxylic acids is 6. The number of hydrogen-bond acceptors (Lipinski definition) is 11. The molecule has 2 aromatic carbocycles. The smallest absolute Gasteiger partial charge is 0.269 e. The van der Waals surface area contributed by atoms with Gasteiger partial charge in [0.05, 0.1) is 28.6 Å². The van der Waals surface area contributed by atoms with Gasteiger partial charge in [-0.25, -0.2) is 0 Å². The number of piperidine rings is 1. The first-order valence-electron chi connectivity index (χ1n) is 21.3. The van der Waals surface area contributed by atoms with Gasteiger partial charge in [0, 0.05) is 105 Å². The van der Waals surface area contributed by atoms with Gasteiger partial charge in [0.15, 0.2) is 0 Å². The van der Waals surface area contributed by atoms with Crippen LogP contribution < -0.4 is 16.0 Å². The van der Waals surface area contributed by atoms with Gasteiger partial charge in [-0.3, -0.25) is 53.6 Å². The van der Waals surface area contributed by atoms with Gasteiger partial charge in [-0.15, -0.1) is 0 Å². The highest BCUT2D eigenvalue weighted by Gasteiger charge is 2.45. The molecule has 0 spiro atoms. The zero-order chi connectivity index (χ0) is 42.9. The highest BCUT2D eigenvalue weighted by molar-refractivity contribution is 6.25. The Hall–Kier alpha value is -6.81. The number of hydrogen-bond donors (Lipinski definition) is 3. The number of imide groups is 2. The van der Waals surface area contributed by atoms with E-state index in [0.717, 1.165) is 82.3 Å². The Morgan fingerprint density at radius 3 is 2.47 bits per heavy atom. The molecule has 318 valence electrons. The van der Waals surface area contributed by atoms with E-state index in [2.05, 4.69) is 37.7 Å². The fourth-order valence-corrected chi connectivity index (χ4v) is 8.98. The van der Waals surface area contributed by atoms with Crippen LogP contribution in [0.5, 0.6) is 0 Å². The average molecular weight is 838 g/mol. The van der Waals surface area contributed by atoms with Crippen molar-refractivity contribution in [3.05, 3.63) is 95.1 Å². The Balaban J connectivity index is 0.790. The van der Waals surface area contributed by atoms with Crippen molar-refractivity contribution in [3.63, 3.8) is 0 Å². The van der Waals surface area contributed by atoms with Gasteiger partial charge in [0.25, 0.3) is 17.7 Å². The monoisotopic (exact) mass is 837 g/mol. The number of nitrogens with one attached hydrogen (secondary N) is 3. The van der Waals surface area contributed by atoms with E-state index in [1.807, 2.05) is 29.3 Å². The van der Waals surface area contributed by atoms with Crippen molar-refractivity contribution in [2.75, 3.05) is 38.2 Å². The number of nitrogens with zero attached hydrogens (tertiary/aromatic N) is 6. The number of aromatic nitrogens is 4. The number of unbranched alkanes of at least 4 members (excludes halogenated alkanes) is 2. The lowest BCUT2D eigenvalue weighted by atomic mass is 9.96. The summed E-state index contributed by atoms with van der Waals surface area (Å²) in [7, 11) is 0. The summed E-state index contributed by atoms with van der Waals surface area (Å²) in [6.45, 7) is 5.23. The van der Waals surface area contributed by atoms with Gasteiger partial charge in [-0.1, -0.05) is 24.3 Å². The number of amides is 6. The quantitative estimate of drug-likeness (QED) is 0.115. The minimum Gasteiger partial charge on any atom is -0.384 e. The lowest BCUT2D eigenvalue weighted by Gasteiger charge is -2.29. The summed E-state index contributed by atoms with van der Waals surface area (Å²) in [6.07, 6.45) is 8.50. The van der Waals surface area contributed by atoms with Crippen molar-refractivity contribution < 1.29 is 33.5 Å². The molecular weight excluding hydrogens is 791 g/mol. The second-order valence-electron chi connectivity index (χ2n) is 16.2. The number of carbonyl (C=O) groups is 6. The Kier molecular flexibility index (Phi) is 11.3. The summed E-state index contributed by atoms with van der Waals surface area (Å²) in [6, 6.07) is 15.9. The lowest BCUT2D eigenvalue weighted by Crippen LogP contribution is -2.54. The van der Waals surface area contributed by atoms with Gasteiger partial charge < -0.3 is 20.3 Å². The Bertz CT molecular complexity index is 2620. The molecule has 16 heteroatoms. The maximum absolute atomic E-state index is 13.3. The third kappa shape index (κ3) is 7.81. The molecule has 0 saturated carbocycles. The van der Waals surface area contributed by atoms with Crippen molar-refractivity contribution >= 4 is 51.9 Å².